The Morgan fingerprint density at radius 3 is 2.68 bits per heavy atom. The van der Waals surface area contributed by atoms with E-state index in [4.69, 9.17) is 0 Å². The fourth-order valence-electron chi connectivity index (χ4n) is 3.37. The van der Waals surface area contributed by atoms with Gasteiger partial charge < -0.3 is 20.4 Å². The van der Waals surface area contributed by atoms with E-state index in [9.17, 15) is 18.4 Å². The lowest BCUT2D eigenvalue weighted by atomic mass is 10.0. The van der Waals surface area contributed by atoms with Crippen molar-refractivity contribution in [3.63, 3.8) is 0 Å². The third-order valence-corrected chi connectivity index (χ3v) is 4.78. The first kappa shape index (κ1) is 17.4. The molecule has 25 heavy (non-hydrogen) atoms. The van der Waals surface area contributed by atoms with Crippen LogP contribution in [0.2, 0.25) is 0 Å². The van der Waals surface area contributed by atoms with Crippen LogP contribution in [0.4, 0.5) is 18.4 Å². The topological polar surface area (TPSA) is 64.7 Å². The smallest absolute Gasteiger partial charge is 0.317 e. The predicted molar refractivity (Wildman–Crippen MR) is 88.2 cm³/mol. The summed E-state index contributed by atoms with van der Waals surface area (Å²) in [5.41, 5.74) is 0.249. The highest BCUT2D eigenvalue weighted by Crippen LogP contribution is 2.18. The van der Waals surface area contributed by atoms with Crippen LogP contribution in [0.25, 0.3) is 0 Å². The number of benzene rings is 1. The van der Waals surface area contributed by atoms with Crippen molar-refractivity contribution in [2.75, 3.05) is 32.7 Å². The molecule has 4 amide bonds. The molecule has 1 aromatic rings. The maximum atomic E-state index is 13.6. The van der Waals surface area contributed by atoms with Crippen LogP contribution < -0.4 is 10.6 Å². The van der Waals surface area contributed by atoms with Crippen LogP contribution in [-0.4, -0.2) is 60.6 Å². The van der Waals surface area contributed by atoms with E-state index in [1.165, 1.54) is 12.1 Å². The van der Waals surface area contributed by atoms with Crippen LogP contribution in [0.1, 0.15) is 18.4 Å². The number of urea groups is 2. The Morgan fingerprint density at radius 2 is 2.00 bits per heavy atom. The number of carbonyl (C=O) groups is 2. The first-order valence-corrected chi connectivity index (χ1v) is 8.56. The van der Waals surface area contributed by atoms with E-state index >= 15 is 0 Å². The molecule has 0 saturated carbocycles. The van der Waals surface area contributed by atoms with Gasteiger partial charge in [0.25, 0.3) is 0 Å². The molecule has 0 aromatic heterocycles. The number of hydrogen-bond acceptors (Lipinski definition) is 2. The number of hydrogen-bond donors (Lipinski definition) is 2. The Hall–Kier alpha value is -2.38. The minimum Gasteiger partial charge on any atom is -0.338 e. The SMILES string of the molecule is O=C(NCCc1cccc(F)c1F)N1CCC(N2CCNC2=O)CC1. The second-order valence-corrected chi connectivity index (χ2v) is 6.34. The number of rotatable bonds is 4. The zero-order chi connectivity index (χ0) is 17.8. The molecule has 0 atom stereocenters. The lowest BCUT2D eigenvalue weighted by Crippen LogP contribution is -2.50. The molecular formula is C17H22F2N4O2. The van der Waals surface area contributed by atoms with Gasteiger partial charge in [0.2, 0.25) is 0 Å². The Kier molecular flexibility index (Phi) is 5.35. The van der Waals surface area contributed by atoms with Gasteiger partial charge in [-0.2, -0.15) is 0 Å². The number of halogens is 2. The van der Waals surface area contributed by atoms with Crippen LogP contribution in [0.3, 0.4) is 0 Å². The average Bonchev–Trinajstić information content (AvgIpc) is 3.04. The molecule has 136 valence electrons. The van der Waals surface area contributed by atoms with Crippen molar-refractivity contribution in [3.05, 3.63) is 35.4 Å². The molecule has 3 rings (SSSR count). The van der Waals surface area contributed by atoms with Crippen molar-refractivity contribution >= 4 is 12.1 Å². The first-order valence-electron chi connectivity index (χ1n) is 8.56. The quantitative estimate of drug-likeness (QED) is 0.866. The molecule has 1 aromatic carbocycles. The van der Waals surface area contributed by atoms with Crippen LogP contribution in [0, 0.1) is 11.6 Å². The van der Waals surface area contributed by atoms with E-state index in [0.29, 0.717) is 19.6 Å². The van der Waals surface area contributed by atoms with Crippen molar-refractivity contribution in [1.82, 2.24) is 20.4 Å². The van der Waals surface area contributed by atoms with Crippen LogP contribution in [0.15, 0.2) is 18.2 Å². The van der Waals surface area contributed by atoms with Gasteiger partial charge in [-0.3, -0.25) is 0 Å². The molecular weight excluding hydrogens is 330 g/mol. The normalized spacial score (nSPS) is 18.4. The van der Waals surface area contributed by atoms with Crippen LogP contribution in [0.5, 0.6) is 0 Å². The fourth-order valence-corrected chi connectivity index (χ4v) is 3.37. The molecule has 0 aliphatic carbocycles. The number of nitrogens with zero attached hydrogens (tertiary/aromatic N) is 2. The van der Waals surface area contributed by atoms with E-state index in [0.717, 1.165) is 25.5 Å². The number of amides is 4. The Morgan fingerprint density at radius 1 is 1.24 bits per heavy atom. The summed E-state index contributed by atoms with van der Waals surface area (Å²) in [4.78, 5) is 27.4. The maximum absolute atomic E-state index is 13.6. The zero-order valence-corrected chi connectivity index (χ0v) is 13.9. The summed E-state index contributed by atoms with van der Waals surface area (Å²) in [6.45, 7) is 2.79. The molecule has 6 nitrogen and oxygen atoms in total. The molecule has 2 aliphatic rings. The van der Waals surface area contributed by atoms with Crippen molar-refractivity contribution < 1.29 is 18.4 Å². The summed E-state index contributed by atoms with van der Waals surface area (Å²) in [5.74, 6) is -1.74. The minimum atomic E-state index is -0.878. The molecule has 0 unspecified atom stereocenters. The van der Waals surface area contributed by atoms with Gasteiger partial charge in [0, 0.05) is 38.8 Å². The molecule has 2 saturated heterocycles. The van der Waals surface area contributed by atoms with Gasteiger partial charge in [-0.1, -0.05) is 12.1 Å². The summed E-state index contributed by atoms with van der Waals surface area (Å²) in [6, 6.07) is 3.97. The predicted octanol–water partition coefficient (Wildman–Crippen LogP) is 1.71. The van der Waals surface area contributed by atoms with Gasteiger partial charge in [0.15, 0.2) is 11.6 Å². The van der Waals surface area contributed by atoms with E-state index in [1.54, 1.807) is 4.90 Å². The average molecular weight is 352 g/mol. The summed E-state index contributed by atoms with van der Waals surface area (Å²) < 4.78 is 26.7. The summed E-state index contributed by atoms with van der Waals surface area (Å²) in [5, 5.41) is 5.54. The van der Waals surface area contributed by atoms with Crippen molar-refractivity contribution in [1.29, 1.82) is 0 Å². The Balaban J connectivity index is 1.42. The molecule has 2 heterocycles. The van der Waals surface area contributed by atoms with Crippen LogP contribution >= 0.6 is 0 Å². The largest absolute Gasteiger partial charge is 0.338 e. The second kappa shape index (κ2) is 7.67. The molecule has 2 N–H and O–H groups in total. The summed E-state index contributed by atoms with van der Waals surface area (Å²) >= 11 is 0. The van der Waals surface area contributed by atoms with E-state index in [1.807, 2.05) is 4.90 Å². The highest BCUT2D eigenvalue weighted by atomic mass is 19.2. The van der Waals surface area contributed by atoms with E-state index < -0.39 is 11.6 Å². The van der Waals surface area contributed by atoms with E-state index in [2.05, 4.69) is 10.6 Å². The number of piperidine rings is 1. The number of carbonyl (C=O) groups excluding carboxylic acids is 2. The van der Waals surface area contributed by atoms with Gasteiger partial charge in [0.1, 0.15) is 0 Å². The standard InChI is InChI=1S/C17H22F2N4O2/c18-14-3-1-2-12(15(14)19)4-7-20-16(24)22-9-5-13(6-10-22)23-11-8-21-17(23)25/h1-3,13H,4-11H2,(H,20,24)(H,21,25). The van der Waals surface area contributed by atoms with Gasteiger partial charge >= 0.3 is 12.1 Å². The highest BCUT2D eigenvalue weighted by molar-refractivity contribution is 5.77. The fraction of sp³-hybridized carbons (Fsp3) is 0.529. The van der Waals surface area contributed by atoms with Gasteiger partial charge in [-0.25, -0.2) is 18.4 Å². The van der Waals surface area contributed by atoms with Gasteiger partial charge in [-0.15, -0.1) is 0 Å². The third-order valence-electron chi connectivity index (χ3n) is 4.78. The second-order valence-electron chi connectivity index (χ2n) is 6.34. The van der Waals surface area contributed by atoms with Crippen molar-refractivity contribution in [2.24, 2.45) is 0 Å². The molecule has 0 radical (unpaired) electrons. The van der Waals surface area contributed by atoms with Crippen molar-refractivity contribution in [2.45, 2.75) is 25.3 Å². The molecule has 2 fully saturated rings. The zero-order valence-electron chi connectivity index (χ0n) is 13.9. The number of nitrogens with one attached hydrogen (secondary N) is 2. The summed E-state index contributed by atoms with van der Waals surface area (Å²) in [7, 11) is 0. The monoisotopic (exact) mass is 352 g/mol. The van der Waals surface area contributed by atoms with Crippen molar-refractivity contribution in [3.8, 4) is 0 Å². The molecule has 2 aliphatic heterocycles. The highest BCUT2D eigenvalue weighted by Gasteiger charge is 2.31. The Bertz CT molecular complexity index is 648. The van der Waals surface area contributed by atoms with Gasteiger partial charge in [-0.05, 0) is 30.9 Å². The summed E-state index contributed by atoms with van der Waals surface area (Å²) in [6.07, 6.45) is 1.73. The minimum absolute atomic E-state index is 0.0278. The van der Waals surface area contributed by atoms with Gasteiger partial charge in [0.05, 0.1) is 0 Å². The molecule has 0 bridgehead atoms. The third kappa shape index (κ3) is 4.00. The maximum Gasteiger partial charge on any atom is 0.317 e. The lowest BCUT2D eigenvalue weighted by molar-refractivity contribution is 0.141. The lowest BCUT2D eigenvalue weighted by Gasteiger charge is -2.36. The number of likely N-dealkylation sites (tertiary alicyclic amines) is 1. The molecule has 0 spiro atoms. The molecule has 8 heteroatoms. The van der Waals surface area contributed by atoms with E-state index in [-0.39, 0.29) is 36.6 Å². The first-order chi connectivity index (χ1) is 12.1. The Labute approximate surface area is 145 Å². The van der Waals surface area contributed by atoms with Crippen LogP contribution in [-0.2, 0) is 6.42 Å².